The Kier molecular flexibility index (Phi) is 4.09. The summed E-state index contributed by atoms with van der Waals surface area (Å²) in [6.45, 7) is 4.23. The van der Waals surface area contributed by atoms with Gasteiger partial charge in [0.05, 0.1) is 0 Å². The van der Waals surface area contributed by atoms with E-state index >= 15 is 0 Å². The minimum atomic E-state index is -0.189. The van der Waals surface area contributed by atoms with Gasteiger partial charge in [0.25, 0.3) is 5.91 Å². The number of aryl methyl sites for hydroxylation is 2. The predicted octanol–water partition coefficient (Wildman–Crippen LogP) is 2.74. The second-order valence-electron chi connectivity index (χ2n) is 6.18. The minimum Gasteiger partial charge on any atom is -0.333 e. The quantitative estimate of drug-likeness (QED) is 0.739. The highest BCUT2D eigenvalue weighted by atomic mass is 16.2. The van der Waals surface area contributed by atoms with Crippen molar-refractivity contribution in [2.45, 2.75) is 32.5 Å². The van der Waals surface area contributed by atoms with Gasteiger partial charge >= 0.3 is 0 Å². The van der Waals surface area contributed by atoms with Gasteiger partial charge in [-0.25, -0.2) is 4.98 Å². The molecule has 3 aromatic rings. The standard InChI is InChI=1S/C19H21N5O/c1-2-24-16(9-10-21-24)19(25)23-13-6-12-22-14-11-20-18(22)17(23)15-7-4-3-5-8-15/h3-5,7-11,14,17H,2,6,12-13H2,1H3. The predicted molar refractivity (Wildman–Crippen MR) is 94.1 cm³/mol. The molecular weight excluding hydrogens is 314 g/mol. The normalized spacial score (nSPS) is 17.2. The first-order chi connectivity index (χ1) is 12.3. The average molecular weight is 335 g/mol. The van der Waals surface area contributed by atoms with Gasteiger partial charge in [-0.1, -0.05) is 30.3 Å². The van der Waals surface area contributed by atoms with E-state index < -0.39 is 0 Å². The first-order valence-electron chi connectivity index (χ1n) is 8.68. The number of benzene rings is 1. The summed E-state index contributed by atoms with van der Waals surface area (Å²) in [6, 6.07) is 11.7. The monoisotopic (exact) mass is 335 g/mol. The van der Waals surface area contributed by atoms with Crippen molar-refractivity contribution in [2.24, 2.45) is 0 Å². The number of hydrogen-bond acceptors (Lipinski definition) is 3. The van der Waals surface area contributed by atoms with Gasteiger partial charge in [0, 0.05) is 38.2 Å². The van der Waals surface area contributed by atoms with Crippen molar-refractivity contribution < 1.29 is 4.79 Å². The third-order valence-electron chi connectivity index (χ3n) is 4.71. The lowest BCUT2D eigenvalue weighted by molar-refractivity contribution is 0.0694. The largest absolute Gasteiger partial charge is 0.333 e. The van der Waals surface area contributed by atoms with E-state index in [9.17, 15) is 4.79 Å². The van der Waals surface area contributed by atoms with E-state index in [0.29, 0.717) is 18.8 Å². The topological polar surface area (TPSA) is 56.0 Å². The van der Waals surface area contributed by atoms with Gasteiger partial charge in [-0.15, -0.1) is 0 Å². The van der Waals surface area contributed by atoms with Crippen LogP contribution in [0.2, 0.25) is 0 Å². The molecule has 25 heavy (non-hydrogen) atoms. The number of nitrogens with zero attached hydrogens (tertiary/aromatic N) is 5. The smallest absolute Gasteiger partial charge is 0.273 e. The summed E-state index contributed by atoms with van der Waals surface area (Å²) in [4.78, 5) is 19.8. The van der Waals surface area contributed by atoms with Crippen LogP contribution in [0.25, 0.3) is 0 Å². The fraction of sp³-hybridized carbons (Fsp3) is 0.316. The van der Waals surface area contributed by atoms with Crippen LogP contribution in [0.1, 0.15) is 41.3 Å². The zero-order valence-electron chi connectivity index (χ0n) is 14.2. The highest BCUT2D eigenvalue weighted by molar-refractivity contribution is 5.93. The molecule has 6 nitrogen and oxygen atoms in total. The molecule has 1 atom stereocenters. The number of fused-ring (bicyclic) bond motifs is 1. The maximum Gasteiger partial charge on any atom is 0.273 e. The molecule has 3 heterocycles. The lowest BCUT2D eigenvalue weighted by Gasteiger charge is -2.30. The van der Waals surface area contributed by atoms with Crippen LogP contribution >= 0.6 is 0 Å². The molecule has 1 unspecified atom stereocenters. The molecule has 6 heteroatoms. The Morgan fingerprint density at radius 2 is 2.00 bits per heavy atom. The van der Waals surface area contributed by atoms with Crippen molar-refractivity contribution in [2.75, 3.05) is 6.54 Å². The Hall–Kier alpha value is -2.89. The van der Waals surface area contributed by atoms with Crippen molar-refractivity contribution >= 4 is 5.91 Å². The van der Waals surface area contributed by atoms with Gasteiger partial charge in [-0.05, 0) is 25.0 Å². The average Bonchev–Trinajstić information content (AvgIpc) is 3.27. The van der Waals surface area contributed by atoms with E-state index in [1.807, 2.05) is 42.4 Å². The SMILES string of the molecule is CCn1nccc1C(=O)N1CCCn2ccnc2C1c1ccccc1. The third-order valence-corrected chi connectivity index (χ3v) is 4.71. The summed E-state index contributed by atoms with van der Waals surface area (Å²) in [6.07, 6.45) is 6.40. The molecule has 128 valence electrons. The highest BCUT2D eigenvalue weighted by Gasteiger charge is 2.33. The molecule has 0 saturated heterocycles. The van der Waals surface area contributed by atoms with Gasteiger partial charge in [-0.2, -0.15) is 5.10 Å². The van der Waals surface area contributed by atoms with Crippen molar-refractivity contribution in [1.29, 1.82) is 0 Å². The Morgan fingerprint density at radius 3 is 2.80 bits per heavy atom. The summed E-state index contributed by atoms with van der Waals surface area (Å²) in [5, 5.41) is 4.25. The number of carbonyl (C=O) groups excluding carboxylic acids is 1. The first kappa shape index (κ1) is 15.6. The summed E-state index contributed by atoms with van der Waals surface area (Å²) in [5.41, 5.74) is 1.70. The molecule has 0 fully saturated rings. The molecule has 0 radical (unpaired) electrons. The van der Waals surface area contributed by atoms with Crippen LogP contribution in [0.15, 0.2) is 55.0 Å². The van der Waals surface area contributed by atoms with Crippen LogP contribution in [0.3, 0.4) is 0 Å². The zero-order valence-corrected chi connectivity index (χ0v) is 14.2. The van der Waals surface area contributed by atoms with Gasteiger partial charge in [0.2, 0.25) is 0 Å². The van der Waals surface area contributed by atoms with E-state index in [2.05, 4.69) is 26.8 Å². The molecule has 1 aromatic carbocycles. The lowest BCUT2D eigenvalue weighted by Crippen LogP contribution is -2.37. The Balaban J connectivity index is 1.81. The molecule has 0 aliphatic carbocycles. The molecule has 0 saturated carbocycles. The molecule has 4 rings (SSSR count). The molecule has 0 bridgehead atoms. The fourth-order valence-corrected chi connectivity index (χ4v) is 3.53. The number of imidazole rings is 1. The maximum atomic E-state index is 13.3. The Bertz CT molecular complexity index is 867. The third kappa shape index (κ3) is 2.73. The van der Waals surface area contributed by atoms with Gasteiger partial charge in [0.1, 0.15) is 17.6 Å². The van der Waals surface area contributed by atoms with E-state index in [-0.39, 0.29) is 11.9 Å². The summed E-state index contributed by atoms with van der Waals surface area (Å²) in [7, 11) is 0. The minimum absolute atomic E-state index is 0.00431. The van der Waals surface area contributed by atoms with Crippen LogP contribution < -0.4 is 0 Å². The summed E-state index contributed by atoms with van der Waals surface area (Å²) >= 11 is 0. The van der Waals surface area contributed by atoms with Crippen LogP contribution in [0.4, 0.5) is 0 Å². The van der Waals surface area contributed by atoms with Gasteiger partial charge < -0.3 is 9.47 Å². The van der Waals surface area contributed by atoms with E-state index in [1.54, 1.807) is 16.9 Å². The van der Waals surface area contributed by atoms with Crippen molar-refractivity contribution in [3.05, 3.63) is 72.1 Å². The second kappa shape index (κ2) is 6.55. The maximum absolute atomic E-state index is 13.3. The lowest BCUT2D eigenvalue weighted by atomic mass is 10.0. The number of carbonyl (C=O) groups is 1. The Morgan fingerprint density at radius 1 is 1.16 bits per heavy atom. The second-order valence-corrected chi connectivity index (χ2v) is 6.18. The number of hydrogen-bond donors (Lipinski definition) is 0. The van der Waals surface area contributed by atoms with Crippen LogP contribution in [-0.4, -0.2) is 36.7 Å². The first-order valence-corrected chi connectivity index (χ1v) is 8.68. The van der Waals surface area contributed by atoms with Crippen molar-refractivity contribution in [3.8, 4) is 0 Å². The van der Waals surface area contributed by atoms with Crippen LogP contribution in [-0.2, 0) is 13.1 Å². The van der Waals surface area contributed by atoms with Crippen LogP contribution in [0.5, 0.6) is 0 Å². The van der Waals surface area contributed by atoms with E-state index in [0.717, 1.165) is 24.4 Å². The van der Waals surface area contributed by atoms with Crippen molar-refractivity contribution in [3.63, 3.8) is 0 Å². The molecular formula is C19H21N5O. The van der Waals surface area contributed by atoms with Gasteiger partial charge in [-0.3, -0.25) is 9.48 Å². The molecule has 1 aliphatic rings. The Labute approximate surface area is 146 Å². The summed E-state index contributed by atoms with van der Waals surface area (Å²) in [5.74, 6) is 0.921. The van der Waals surface area contributed by atoms with Crippen molar-refractivity contribution in [1.82, 2.24) is 24.2 Å². The van der Waals surface area contributed by atoms with E-state index in [4.69, 9.17) is 0 Å². The number of aromatic nitrogens is 4. The molecule has 1 amide bonds. The highest BCUT2D eigenvalue weighted by Crippen LogP contribution is 2.31. The summed E-state index contributed by atoms with van der Waals surface area (Å²) < 4.78 is 3.91. The van der Waals surface area contributed by atoms with E-state index in [1.165, 1.54) is 0 Å². The van der Waals surface area contributed by atoms with Gasteiger partial charge in [0.15, 0.2) is 0 Å². The number of amides is 1. The molecule has 0 spiro atoms. The molecule has 1 aliphatic heterocycles. The van der Waals surface area contributed by atoms with Crippen LogP contribution in [0, 0.1) is 0 Å². The molecule has 0 N–H and O–H groups in total. The fourth-order valence-electron chi connectivity index (χ4n) is 3.53. The molecule has 2 aromatic heterocycles. The zero-order chi connectivity index (χ0) is 17.2. The number of rotatable bonds is 3.